The Bertz CT molecular complexity index is 1000. The first-order valence-corrected chi connectivity index (χ1v) is 10.6. The number of carbonyl (C=O) groups is 2. The molecule has 0 aromatic heterocycles. The number of rotatable bonds is 12. The van der Waals surface area contributed by atoms with Gasteiger partial charge in [-0.25, -0.2) is 0 Å². The van der Waals surface area contributed by atoms with E-state index < -0.39 is 5.97 Å². The molecule has 1 amide bonds. The number of hydrogen-bond donors (Lipinski definition) is 2. The van der Waals surface area contributed by atoms with Gasteiger partial charge in [0, 0.05) is 12.0 Å². The fraction of sp³-hybridized carbons (Fsp3) is 0.231. The van der Waals surface area contributed by atoms with E-state index in [-0.39, 0.29) is 18.9 Å². The third-order valence-electron chi connectivity index (χ3n) is 4.77. The Morgan fingerprint density at radius 1 is 0.781 bits per heavy atom. The van der Waals surface area contributed by atoms with Crippen LogP contribution in [-0.2, 0) is 11.2 Å². The summed E-state index contributed by atoms with van der Waals surface area (Å²) in [7, 11) is 0. The summed E-state index contributed by atoms with van der Waals surface area (Å²) in [5, 5.41) is 11.6. The maximum Gasteiger partial charge on any atom is 0.303 e. The molecule has 3 rings (SSSR count). The van der Waals surface area contributed by atoms with Crippen molar-refractivity contribution < 1.29 is 24.2 Å². The molecule has 0 unspecified atom stereocenters. The van der Waals surface area contributed by atoms with Gasteiger partial charge in [-0.3, -0.25) is 9.59 Å². The van der Waals surface area contributed by atoms with Gasteiger partial charge in [-0.15, -0.1) is 0 Å². The van der Waals surface area contributed by atoms with Crippen molar-refractivity contribution in [2.24, 2.45) is 0 Å². The van der Waals surface area contributed by atoms with Crippen LogP contribution >= 0.6 is 0 Å². The van der Waals surface area contributed by atoms with Crippen molar-refractivity contribution in [1.82, 2.24) is 0 Å². The van der Waals surface area contributed by atoms with Crippen LogP contribution in [0.1, 0.15) is 35.2 Å². The van der Waals surface area contributed by atoms with Gasteiger partial charge < -0.3 is 19.9 Å². The van der Waals surface area contributed by atoms with Crippen LogP contribution in [0.2, 0.25) is 0 Å². The van der Waals surface area contributed by atoms with Crippen molar-refractivity contribution >= 4 is 17.6 Å². The second kappa shape index (κ2) is 12.2. The lowest BCUT2D eigenvalue weighted by molar-refractivity contribution is -0.137. The molecule has 6 heteroatoms. The summed E-state index contributed by atoms with van der Waals surface area (Å²) in [6, 6.07) is 24.4. The zero-order chi connectivity index (χ0) is 22.6. The van der Waals surface area contributed by atoms with E-state index in [0.29, 0.717) is 30.0 Å². The van der Waals surface area contributed by atoms with Gasteiger partial charge in [-0.2, -0.15) is 0 Å². The molecule has 0 bridgehead atoms. The minimum absolute atomic E-state index is 0.0369. The van der Waals surface area contributed by atoms with E-state index in [1.165, 1.54) is 5.56 Å². The molecule has 0 aliphatic rings. The van der Waals surface area contributed by atoms with Crippen LogP contribution < -0.4 is 14.8 Å². The number of benzene rings is 3. The van der Waals surface area contributed by atoms with E-state index in [1.807, 2.05) is 18.2 Å². The van der Waals surface area contributed by atoms with Gasteiger partial charge in [0.25, 0.3) is 5.91 Å². The molecule has 0 radical (unpaired) electrons. The van der Waals surface area contributed by atoms with Crippen molar-refractivity contribution in [3.05, 3.63) is 90.0 Å². The van der Waals surface area contributed by atoms with E-state index in [4.69, 9.17) is 14.6 Å². The molecule has 0 aliphatic heterocycles. The molecule has 0 saturated carbocycles. The zero-order valence-electron chi connectivity index (χ0n) is 17.8. The lowest BCUT2D eigenvalue weighted by atomic mass is 10.1. The highest BCUT2D eigenvalue weighted by Crippen LogP contribution is 2.25. The molecule has 0 heterocycles. The Labute approximate surface area is 187 Å². The van der Waals surface area contributed by atoms with Crippen molar-refractivity contribution in [1.29, 1.82) is 0 Å². The minimum atomic E-state index is -0.862. The number of nitrogens with one attached hydrogen (secondary N) is 1. The summed E-state index contributed by atoms with van der Waals surface area (Å²) in [5.74, 6) is 0.0995. The Kier molecular flexibility index (Phi) is 8.69. The van der Waals surface area contributed by atoms with Crippen LogP contribution in [0.3, 0.4) is 0 Å². The highest BCUT2D eigenvalue weighted by atomic mass is 16.5. The van der Waals surface area contributed by atoms with Gasteiger partial charge in [0.2, 0.25) is 0 Å². The number of amides is 1. The molecule has 166 valence electrons. The maximum atomic E-state index is 12.6. The molecule has 2 N–H and O–H groups in total. The fourth-order valence-corrected chi connectivity index (χ4v) is 3.11. The summed E-state index contributed by atoms with van der Waals surface area (Å²) in [6.45, 7) is 0.864. The Balaban J connectivity index is 1.48. The zero-order valence-corrected chi connectivity index (χ0v) is 17.8. The largest absolute Gasteiger partial charge is 0.494 e. The molecule has 0 aliphatic carbocycles. The second-order valence-corrected chi connectivity index (χ2v) is 7.26. The van der Waals surface area contributed by atoms with Crippen LogP contribution in [0.5, 0.6) is 11.5 Å². The molecule has 3 aromatic rings. The van der Waals surface area contributed by atoms with E-state index >= 15 is 0 Å². The van der Waals surface area contributed by atoms with Crippen molar-refractivity contribution in [2.45, 2.75) is 25.7 Å². The number of hydrogen-bond acceptors (Lipinski definition) is 4. The highest BCUT2D eigenvalue weighted by molar-refractivity contribution is 6.05. The quantitative estimate of drug-likeness (QED) is 0.384. The fourth-order valence-electron chi connectivity index (χ4n) is 3.11. The van der Waals surface area contributed by atoms with E-state index in [2.05, 4.69) is 17.4 Å². The topological polar surface area (TPSA) is 84.9 Å². The normalized spacial score (nSPS) is 10.4. The molecule has 0 spiro atoms. The first-order valence-electron chi connectivity index (χ1n) is 10.6. The number of carbonyl (C=O) groups excluding carboxylic acids is 1. The van der Waals surface area contributed by atoms with Gasteiger partial charge in [-0.1, -0.05) is 42.5 Å². The standard InChI is InChI=1S/C26H27NO5/c28-25(29)13-7-19-32-24-12-5-4-11-23(24)27-26(30)21-14-16-22(17-15-21)31-18-6-10-20-8-2-1-3-9-20/h1-5,8-9,11-12,14-17H,6-7,10,13,18-19H2,(H,27,30)(H,28,29). The highest BCUT2D eigenvalue weighted by Gasteiger charge is 2.10. The smallest absolute Gasteiger partial charge is 0.303 e. The number of carboxylic acids is 1. The number of anilines is 1. The molecule has 3 aromatic carbocycles. The number of aliphatic carboxylic acids is 1. The maximum absolute atomic E-state index is 12.6. The Morgan fingerprint density at radius 2 is 1.47 bits per heavy atom. The number of ether oxygens (including phenoxy) is 2. The third-order valence-corrected chi connectivity index (χ3v) is 4.77. The number of para-hydroxylation sites is 2. The van der Waals surface area contributed by atoms with E-state index in [0.717, 1.165) is 18.6 Å². The predicted molar refractivity (Wildman–Crippen MR) is 123 cm³/mol. The van der Waals surface area contributed by atoms with Crippen molar-refractivity contribution in [2.75, 3.05) is 18.5 Å². The summed E-state index contributed by atoms with van der Waals surface area (Å²) in [4.78, 5) is 23.2. The monoisotopic (exact) mass is 433 g/mol. The van der Waals surface area contributed by atoms with Crippen molar-refractivity contribution in [3.8, 4) is 11.5 Å². The average molecular weight is 434 g/mol. The molecule has 0 saturated heterocycles. The van der Waals surface area contributed by atoms with Gasteiger partial charge in [0.15, 0.2) is 0 Å². The molecule has 32 heavy (non-hydrogen) atoms. The van der Waals surface area contributed by atoms with E-state index in [1.54, 1.807) is 48.5 Å². The molecule has 0 atom stereocenters. The second-order valence-electron chi connectivity index (χ2n) is 7.26. The first kappa shape index (κ1) is 22.9. The summed E-state index contributed by atoms with van der Waals surface area (Å²) in [5.41, 5.74) is 2.32. The van der Waals surface area contributed by atoms with Gasteiger partial charge in [0.1, 0.15) is 11.5 Å². The first-order chi connectivity index (χ1) is 15.6. The van der Waals surface area contributed by atoms with Gasteiger partial charge in [0.05, 0.1) is 18.9 Å². The SMILES string of the molecule is O=C(O)CCCOc1ccccc1NC(=O)c1ccc(OCCCc2ccccc2)cc1. The summed E-state index contributed by atoms with van der Waals surface area (Å²) in [6.07, 6.45) is 2.30. The predicted octanol–water partition coefficient (Wildman–Crippen LogP) is 5.19. The number of carboxylic acid groups (broad SMARTS) is 1. The van der Waals surface area contributed by atoms with Gasteiger partial charge >= 0.3 is 5.97 Å². The van der Waals surface area contributed by atoms with Crippen LogP contribution in [-0.4, -0.2) is 30.2 Å². The Hall–Kier alpha value is -3.80. The lowest BCUT2D eigenvalue weighted by Crippen LogP contribution is -2.13. The molecule has 0 fully saturated rings. The minimum Gasteiger partial charge on any atom is -0.494 e. The lowest BCUT2D eigenvalue weighted by Gasteiger charge is -2.12. The molecular formula is C26H27NO5. The van der Waals surface area contributed by atoms with E-state index in [9.17, 15) is 9.59 Å². The summed E-state index contributed by atoms with van der Waals surface area (Å²) < 4.78 is 11.4. The molecular weight excluding hydrogens is 406 g/mol. The molecule has 6 nitrogen and oxygen atoms in total. The summed E-state index contributed by atoms with van der Waals surface area (Å²) >= 11 is 0. The third kappa shape index (κ3) is 7.47. The van der Waals surface area contributed by atoms with Crippen LogP contribution in [0.4, 0.5) is 5.69 Å². The van der Waals surface area contributed by atoms with Gasteiger partial charge in [-0.05, 0) is 61.2 Å². The van der Waals surface area contributed by atoms with Crippen molar-refractivity contribution in [3.63, 3.8) is 0 Å². The van der Waals surface area contributed by atoms with Crippen LogP contribution in [0, 0.1) is 0 Å². The average Bonchev–Trinajstić information content (AvgIpc) is 2.81. The van der Waals surface area contributed by atoms with Crippen LogP contribution in [0.15, 0.2) is 78.9 Å². The van der Waals surface area contributed by atoms with Crippen LogP contribution in [0.25, 0.3) is 0 Å². The number of aryl methyl sites for hydroxylation is 1. The Morgan fingerprint density at radius 3 is 2.22 bits per heavy atom.